The third-order valence-corrected chi connectivity index (χ3v) is 4.09. The molecule has 0 amide bonds. The van der Waals surface area contributed by atoms with Crippen LogP contribution in [0.1, 0.15) is 29.2 Å². The van der Waals surface area contributed by atoms with Gasteiger partial charge < -0.3 is 10.5 Å². The Morgan fingerprint density at radius 1 is 1.14 bits per heavy atom. The molecule has 0 aliphatic heterocycles. The number of benzene rings is 2. The fraction of sp³-hybridized carbons (Fsp3) is 0.333. The van der Waals surface area contributed by atoms with Crippen molar-refractivity contribution < 1.29 is 4.74 Å². The summed E-state index contributed by atoms with van der Waals surface area (Å²) in [4.78, 5) is 0. The van der Waals surface area contributed by atoms with E-state index in [1.165, 1.54) is 16.7 Å². The monoisotopic (exact) mass is 347 g/mol. The lowest BCUT2D eigenvalue weighted by atomic mass is 10.1. The molecular formula is C18H22BrNO. The molecule has 21 heavy (non-hydrogen) atoms. The van der Waals surface area contributed by atoms with Crippen LogP contribution in [0.3, 0.4) is 0 Å². The second-order valence-corrected chi connectivity index (χ2v) is 6.48. The van der Waals surface area contributed by atoms with Crippen LogP contribution < -0.4 is 10.5 Å². The van der Waals surface area contributed by atoms with E-state index in [1.807, 2.05) is 19.1 Å². The maximum absolute atomic E-state index is 6.09. The summed E-state index contributed by atoms with van der Waals surface area (Å²) in [6.45, 7) is 6.79. The molecule has 112 valence electrons. The first-order valence-corrected chi connectivity index (χ1v) is 7.98. The summed E-state index contributed by atoms with van der Waals surface area (Å²) in [6.07, 6.45) is 0.807. The number of halogens is 1. The van der Waals surface area contributed by atoms with Crippen molar-refractivity contribution in [2.75, 3.05) is 0 Å². The molecule has 2 aromatic carbocycles. The van der Waals surface area contributed by atoms with Crippen LogP contribution in [0.2, 0.25) is 0 Å². The Kier molecular flexibility index (Phi) is 5.43. The summed E-state index contributed by atoms with van der Waals surface area (Å²) in [6, 6.07) is 12.7. The Balaban J connectivity index is 2.21. The van der Waals surface area contributed by atoms with Gasteiger partial charge in [-0.05, 0) is 65.9 Å². The van der Waals surface area contributed by atoms with E-state index in [1.54, 1.807) is 0 Å². The molecule has 2 N–H and O–H groups in total. The zero-order valence-corrected chi connectivity index (χ0v) is 14.4. The number of rotatable bonds is 5. The number of nitrogens with two attached hydrogens (primary N) is 1. The first-order chi connectivity index (χ1) is 9.97. The van der Waals surface area contributed by atoms with Crippen molar-refractivity contribution >= 4 is 15.9 Å². The lowest BCUT2D eigenvalue weighted by Crippen LogP contribution is -2.18. The fourth-order valence-corrected chi connectivity index (χ4v) is 2.85. The molecule has 2 rings (SSSR count). The molecule has 0 bridgehead atoms. The predicted octanol–water partition coefficient (Wildman–Crippen LogP) is 4.53. The van der Waals surface area contributed by atoms with Crippen LogP contribution in [-0.4, -0.2) is 6.04 Å². The van der Waals surface area contributed by atoms with Gasteiger partial charge in [0.25, 0.3) is 0 Å². The minimum Gasteiger partial charge on any atom is -0.487 e. The lowest BCUT2D eigenvalue weighted by Gasteiger charge is -2.16. The van der Waals surface area contributed by atoms with Gasteiger partial charge in [-0.15, -0.1) is 0 Å². The smallest absolute Gasteiger partial charge is 0.137 e. The topological polar surface area (TPSA) is 35.2 Å². The van der Waals surface area contributed by atoms with Gasteiger partial charge in [-0.1, -0.05) is 35.9 Å². The van der Waals surface area contributed by atoms with E-state index in [-0.39, 0.29) is 6.04 Å². The first kappa shape index (κ1) is 16.1. The van der Waals surface area contributed by atoms with Gasteiger partial charge in [0.05, 0.1) is 4.47 Å². The summed E-state index contributed by atoms with van der Waals surface area (Å²) in [5.41, 5.74) is 10.8. The molecule has 0 heterocycles. The van der Waals surface area contributed by atoms with Crippen LogP contribution in [0, 0.1) is 13.8 Å². The van der Waals surface area contributed by atoms with Gasteiger partial charge in [0, 0.05) is 6.04 Å². The molecule has 2 aromatic rings. The van der Waals surface area contributed by atoms with Crippen molar-refractivity contribution in [2.24, 2.45) is 5.73 Å². The number of hydrogen-bond acceptors (Lipinski definition) is 2. The third kappa shape index (κ3) is 4.32. The van der Waals surface area contributed by atoms with E-state index < -0.39 is 0 Å². The summed E-state index contributed by atoms with van der Waals surface area (Å²) in [5.74, 6) is 0.899. The Morgan fingerprint density at radius 3 is 2.62 bits per heavy atom. The predicted molar refractivity (Wildman–Crippen MR) is 91.7 cm³/mol. The van der Waals surface area contributed by atoms with Crippen LogP contribution in [0.25, 0.3) is 0 Å². The molecule has 1 unspecified atom stereocenters. The molecule has 0 fully saturated rings. The van der Waals surface area contributed by atoms with Gasteiger partial charge in [-0.25, -0.2) is 0 Å². The molecule has 0 aliphatic rings. The van der Waals surface area contributed by atoms with Crippen molar-refractivity contribution in [1.82, 2.24) is 0 Å². The van der Waals surface area contributed by atoms with Crippen LogP contribution >= 0.6 is 15.9 Å². The molecule has 0 aromatic heterocycles. The molecule has 0 saturated heterocycles. The quantitative estimate of drug-likeness (QED) is 0.861. The van der Waals surface area contributed by atoms with Crippen molar-refractivity contribution in [2.45, 2.75) is 39.8 Å². The second kappa shape index (κ2) is 7.10. The van der Waals surface area contributed by atoms with Crippen molar-refractivity contribution in [1.29, 1.82) is 0 Å². The van der Waals surface area contributed by atoms with Gasteiger partial charge in [0.2, 0.25) is 0 Å². The molecule has 1 atom stereocenters. The molecule has 2 nitrogen and oxygen atoms in total. The van der Waals surface area contributed by atoms with E-state index in [0.29, 0.717) is 6.61 Å². The maximum atomic E-state index is 6.09. The summed E-state index contributed by atoms with van der Waals surface area (Å²) < 4.78 is 7.07. The van der Waals surface area contributed by atoms with E-state index in [9.17, 15) is 0 Å². The largest absolute Gasteiger partial charge is 0.487 e. The van der Waals surface area contributed by atoms with Gasteiger partial charge >= 0.3 is 0 Å². The summed E-state index contributed by atoms with van der Waals surface area (Å²) in [7, 11) is 0. The minimum atomic E-state index is 0.113. The lowest BCUT2D eigenvalue weighted by molar-refractivity contribution is 0.299. The van der Waals surface area contributed by atoms with Crippen molar-refractivity contribution in [3.05, 3.63) is 63.1 Å². The minimum absolute atomic E-state index is 0.113. The first-order valence-electron chi connectivity index (χ1n) is 7.19. The molecule has 3 heteroatoms. The number of para-hydroxylation sites is 1. The van der Waals surface area contributed by atoms with Crippen molar-refractivity contribution in [3.63, 3.8) is 0 Å². The normalized spacial score (nSPS) is 12.2. The Morgan fingerprint density at radius 2 is 1.90 bits per heavy atom. The second-order valence-electron chi connectivity index (χ2n) is 5.63. The zero-order valence-electron chi connectivity index (χ0n) is 12.8. The van der Waals surface area contributed by atoms with Crippen LogP contribution in [0.5, 0.6) is 5.75 Å². The standard InChI is InChI=1S/C18H22BrNO/c1-12-7-8-13(2)16(9-12)11-21-18-15(10-14(3)20)5-4-6-17(18)19/h4-9,14H,10-11,20H2,1-3H3. The van der Waals surface area contributed by atoms with E-state index in [4.69, 9.17) is 10.5 Å². The van der Waals surface area contributed by atoms with Gasteiger partial charge in [-0.2, -0.15) is 0 Å². The highest BCUT2D eigenvalue weighted by Crippen LogP contribution is 2.31. The zero-order chi connectivity index (χ0) is 15.4. The molecule has 0 radical (unpaired) electrons. The van der Waals surface area contributed by atoms with Crippen molar-refractivity contribution in [3.8, 4) is 5.75 Å². The molecule has 0 spiro atoms. The SMILES string of the molecule is Cc1ccc(C)c(COc2c(Br)cccc2CC(C)N)c1. The fourth-order valence-electron chi connectivity index (χ4n) is 2.33. The molecule has 0 saturated carbocycles. The van der Waals surface area contributed by atoms with E-state index >= 15 is 0 Å². The Hall–Kier alpha value is -1.32. The number of hydrogen-bond donors (Lipinski definition) is 1. The Bertz CT molecular complexity index is 623. The van der Waals surface area contributed by atoms with Crippen LogP contribution in [-0.2, 0) is 13.0 Å². The molecular weight excluding hydrogens is 326 g/mol. The van der Waals surface area contributed by atoms with E-state index in [2.05, 4.69) is 54.0 Å². The average molecular weight is 348 g/mol. The highest BCUT2D eigenvalue weighted by atomic mass is 79.9. The highest BCUT2D eigenvalue weighted by Gasteiger charge is 2.11. The Labute approximate surface area is 135 Å². The third-order valence-electron chi connectivity index (χ3n) is 3.47. The summed E-state index contributed by atoms with van der Waals surface area (Å²) >= 11 is 3.58. The number of ether oxygens (including phenoxy) is 1. The van der Waals surface area contributed by atoms with E-state index in [0.717, 1.165) is 22.2 Å². The number of aryl methyl sites for hydroxylation is 2. The highest BCUT2D eigenvalue weighted by molar-refractivity contribution is 9.10. The van der Waals surface area contributed by atoms with Gasteiger partial charge in [0.1, 0.15) is 12.4 Å². The molecule has 0 aliphatic carbocycles. The maximum Gasteiger partial charge on any atom is 0.137 e. The van der Waals surface area contributed by atoms with Crippen LogP contribution in [0.15, 0.2) is 40.9 Å². The van der Waals surface area contributed by atoms with Crippen LogP contribution in [0.4, 0.5) is 0 Å². The van der Waals surface area contributed by atoms with Gasteiger partial charge in [-0.3, -0.25) is 0 Å². The summed E-state index contributed by atoms with van der Waals surface area (Å²) in [5, 5.41) is 0. The average Bonchev–Trinajstić information content (AvgIpc) is 2.41. The van der Waals surface area contributed by atoms with Gasteiger partial charge in [0.15, 0.2) is 0 Å².